The zero-order chi connectivity index (χ0) is 10.8. The Bertz CT molecular complexity index is 322. The van der Waals surface area contributed by atoms with E-state index in [0.717, 1.165) is 5.56 Å². The second-order valence-corrected chi connectivity index (χ2v) is 4.53. The van der Waals surface area contributed by atoms with Crippen molar-refractivity contribution >= 4 is 5.78 Å². The lowest BCUT2D eigenvalue weighted by molar-refractivity contribution is -0.125. The maximum Gasteiger partial charge on any atom is 0.145 e. The molecule has 76 valence electrons. The van der Waals surface area contributed by atoms with Crippen molar-refractivity contribution in [1.82, 2.24) is 9.97 Å². The summed E-state index contributed by atoms with van der Waals surface area (Å²) >= 11 is 0. The topological polar surface area (TPSA) is 42.9 Å². The van der Waals surface area contributed by atoms with Crippen molar-refractivity contribution < 1.29 is 4.79 Å². The number of nitrogens with zero attached hydrogens (tertiary/aromatic N) is 2. The Morgan fingerprint density at radius 1 is 1.29 bits per heavy atom. The molecule has 3 nitrogen and oxygen atoms in total. The Balaban J connectivity index is 2.71. The molecule has 0 aromatic carbocycles. The van der Waals surface area contributed by atoms with Crippen LogP contribution in [0.4, 0.5) is 0 Å². The number of carbonyl (C=O) groups is 1. The van der Waals surface area contributed by atoms with Gasteiger partial charge in [0, 0.05) is 17.8 Å². The van der Waals surface area contributed by atoms with Gasteiger partial charge >= 0.3 is 0 Å². The minimum absolute atomic E-state index is 0.168. The second-order valence-electron chi connectivity index (χ2n) is 4.53. The predicted octanol–water partition coefficient (Wildman–Crippen LogP) is 1.94. The summed E-state index contributed by atoms with van der Waals surface area (Å²) in [6, 6.07) is 0. The Morgan fingerprint density at radius 2 is 1.79 bits per heavy atom. The molecule has 0 amide bonds. The number of rotatable bonds is 2. The van der Waals surface area contributed by atoms with E-state index in [-0.39, 0.29) is 11.2 Å². The highest BCUT2D eigenvalue weighted by molar-refractivity contribution is 5.85. The van der Waals surface area contributed by atoms with Gasteiger partial charge in [-0.05, 0) is 12.5 Å². The molecule has 0 aliphatic rings. The quantitative estimate of drug-likeness (QED) is 0.719. The number of ketones is 1. The summed E-state index contributed by atoms with van der Waals surface area (Å²) in [5, 5.41) is 0. The summed E-state index contributed by atoms with van der Waals surface area (Å²) in [4.78, 5) is 19.8. The fourth-order valence-corrected chi connectivity index (χ4v) is 0.919. The first-order chi connectivity index (χ1) is 6.39. The maximum absolute atomic E-state index is 11.6. The van der Waals surface area contributed by atoms with Crippen molar-refractivity contribution in [3.63, 3.8) is 0 Å². The fraction of sp³-hybridized carbons (Fsp3) is 0.545. The SMILES string of the molecule is Cc1cnc(CC(=O)C(C)(C)C)nc1. The summed E-state index contributed by atoms with van der Waals surface area (Å²) in [7, 11) is 0. The van der Waals surface area contributed by atoms with Crippen molar-refractivity contribution in [3.05, 3.63) is 23.8 Å². The van der Waals surface area contributed by atoms with Crippen LogP contribution in [0, 0.1) is 12.3 Å². The van der Waals surface area contributed by atoms with Crippen LogP contribution < -0.4 is 0 Å². The smallest absolute Gasteiger partial charge is 0.145 e. The van der Waals surface area contributed by atoms with Crippen LogP contribution in [0.25, 0.3) is 0 Å². The van der Waals surface area contributed by atoms with Crippen LogP contribution >= 0.6 is 0 Å². The highest BCUT2D eigenvalue weighted by Gasteiger charge is 2.21. The number of Topliss-reactive ketones (excluding diaryl/α,β-unsaturated/α-hetero) is 1. The first-order valence-electron chi connectivity index (χ1n) is 4.70. The Hall–Kier alpha value is -1.25. The molecule has 1 heterocycles. The molecule has 0 bridgehead atoms. The molecule has 0 N–H and O–H groups in total. The Morgan fingerprint density at radius 3 is 2.21 bits per heavy atom. The van der Waals surface area contributed by atoms with E-state index in [4.69, 9.17) is 0 Å². The molecule has 0 atom stereocenters. The van der Waals surface area contributed by atoms with Crippen LogP contribution in [-0.2, 0) is 11.2 Å². The van der Waals surface area contributed by atoms with Gasteiger partial charge in [-0.15, -0.1) is 0 Å². The number of aromatic nitrogens is 2. The van der Waals surface area contributed by atoms with Crippen LogP contribution in [0.2, 0.25) is 0 Å². The molecule has 0 saturated carbocycles. The van der Waals surface area contributed by atoms with Crippen LogP contribution in [0.3, 0.4) is 0 Å². The molecule has 0 spiro atoms. The lowest BCUT2D eigenvalue weighted by atomic mass is 9.89. The third-order valence-electron chi connectivity index (χ3n) is 1.99. The lowest BCUT2D eigenvalue weighted by Gasteiger charge is -2.15. The molecule has 1 aromatic rings. The molecular formula is C11H16N2O. The molecule has 0 fully saturated rings. The van der Waals surface area contributed by atoms with Crippen molar-refractivity contribution in [1.29, 1.82) is 0 Å². The standard InChI is InChI=1S/C11H16N2O/c1-8-6-12-10(13-7-8)5-9(14)11(2,3)4/h6-7H,5H2,1-4H3. The monoisotopic (exact) mass is 192 g/mol. The summed E-state index contributed by atoms with van der Waals surface area (Å²) in [6.45, 7) is 7.64. The molecular weight excluding hydrogens is 176 g/mol. The van der Waals surface area contributed by atoms with Gasteiger partial charge in [0.1, 0.15) is 11.6 Å². The minimum atomic E-state index is -0.311. The zero-order valence-electron chi connectivity index (χ0n) is 9.16. The van der Waals surface area contributed by atoms with Gasteiger partial charge in [-0.2, -0.15) is 0 Å². The second kappa shape index (κ2) is 3.86. The molecule has 1 aromatic heterocycles. The third kappa shape index (κ3) is 2.91. The predicted molar refractivity (Wildman–Crippen MR) is 54.9 cm³/mol. The average molecular weight is 192 g/mol. The summed E-state index contributed by atoms with van der Waals surface area (Å²) in [6.07, 6.45) is 3.79. The van der Waals surface area contributed by atoms with Crippen molar-refractivity contribution in [2.75, 3.05) is 0 Å². The summed E-state index contributed by atoms with van der Waals surface area (Å²) in [5.41, 5.74) is 0.700. The Kier molecular flexibility index (Phi) is 2.99. The van der Waals surface area contributed by atoms with Gasteiger partial charge in [0.25, 0.3) is 0 Å². The van der Waals surface area contributed by atoms with E-state index >= 15 is 0 Å². The maximum atomic E-state index is 11.6. The van der Waals surface area contributed by atoms with Gasteiger partial charge in [-0.3, -0.25) is 4.79 Å². The van der Waals surface area contributed by atoms with Gasteiger partial charge in [0.15, 0.2) is 0 Å². The third-order valence-corrected chi connectivity index (χ3v) is 1.99. The zero-order valence-corrected chi connectivity index (χ0v) is 9.16. The number of hydrogen-bond donors (Lipinski definition) is 0. The lowest BCUT2D eigenvalue weighted by Crippen LogP contribution is -2.23. The van der Waals surface area contributed by atoms with E-state index in [9.17, 15) is 4.79 Å². The van der Waals surface area contributed by atoms with Crippen molar-refractivity contribution in [2.45, 2.75) is 34.1 Å². The highest BCUT2D eigenvalue weighted by Crippen LogP contribution is 2.16. The van der Waals surface area contributed by atoms with E-state index in [1.807, 2.05) is 27.7 Å². The Labute approximate surface area is 84.6 Å². The van der Waals surface area contributed by atoms with Gasteiger partial charge in [-0.1, -0.05) is 20.8 Å². The van der Waals surface area contributed by atoms with E-state index in [2.05, 4.69) is 9.97 Å². The van der Waals surface area contributed by atoms with Gasteiger partial charge < -0.3 is 0 Å². The number of hydrogen-bond acceptors (Lipinski definition) is 3. The summed E-state index contributed by atoms with van der Waals surface area (Å²) < 4.78 is 0. The number of carbonyl (C=O) groups excluding carboxylic acids is 1. The van der Waals surface area contributed by atoms with E-state index in [0.29, 0.717) is 12.2 Å². The molecule has 0 aliphatic carbocycles. The van der Waals surface area contributed by atoms with Crippen LogP contribution in [-0.4, -0.2) is 15.8 Å². The van der Waals surface area contributed by atoms with E-state index in [1.54, 1.807) is 12.4 Å². The molecule has 0 radical (unpaired) electrons. The van der Waals surface area contributed by atoms with E-state index < -0.39 is 0 Å². The molecule has 0 unspecified atom stereocenters. The number of aryl methyl sites for hydroxylation is 1. The van der Waals surface area contributed by atoms with Gasteiger partial charge in [-0.25, -0.2) is 9.97 Å². The van der Waals surface area contributed by atoms with Crippen LogP contribution in [0.1, 0.15) is 32.2 Å². The van der Waals surface area contributed by atoms with Crippen molar-refractivity contribution in [3.8, 4) is 0 Å². The normalized spacial score (nSPS) is 11.4. The van der Waals surface area contributed by atoms with Crippen LogP contribution in [0.15, 0.2) is 12.4 Å². The molecule has 3 heteroatoms. The average Bonchev–Trinajstić information content (AvgIpc) is 2.07. The van der Waals surface area contributed by atoms with Crippen LogP contribution in [0.5, 0.6) is 0 Å². The van der Waals surface area contributed by atoms with Crippen molar-refractivity contribution in [2.24, 2.45) is 5.41 Å². The molecule has 0 aliphatic heterocycles. The van der Waals surface area contributed by atoms with E-state index in [1.165, 1.54) is 0 Å². The molecule has 0 saturated heterocycles. The minimum Gasteiger partial charge on any atom is -0.299 e. The molecule has 14 heavy (non-hydrogen) atoms. The summed E-state index contributed by atoms with van der Waals surface area (Å²) in [5.74, 6) is 0.775. The fourth-order valence-electron chi connectivity index (χ4n) is 0.919. The largest absolute Gasteiger partial charge is 0.299 e. The van der Waals surface area contributed by atoms with Gasteiger partial charge in [0.2, 0.25) is 0 Å². The first-order valence-corrected chi connectivity index (χ1v) is 4.70. The first kappa shape index (κ1) is 10.8. The highest BCUT2D eigenvalue weighted by atomic mass is 16.1. The molecule has 1 rings (SSSR count). The van der Waals surface area contributed by atoms with Gasteiger partial charge in [0.05, 0.1) is 6.42 Å².